The molecular formula is C21H37N11O4. The zero-order valence-electron chi connectivity index (χ0n) is 20.2. The van der Waals surface area contributed by atoms with Crippen LogP contribution in [0.15, 0.2) is 28.6 Å². The Hall–Kier alpha value is -4.01. The molecule has 1 heterocycles. The van der Waals surface area contributed by atoms with Gasteiger partial charge in [0, 0.05) is 31.7 Å². The number of guanidine groups is 2. The van der Waals surface area contributed by atoms with Gasteiger partial charge in [-0.25, -0.2) is 4.79 Å². The summed E-state index contributed by atoms with van der Waals surface area (Å²) in [5.74, 6) is -2.55. The van der Waals surface area contributed by atoms with Crippen LogP contribution in [0.4, 0.5) is 0 Å². The zero-order valence-corrected chi connectivity index (χ0v) is 20.2. The highest BCUT2D eigenvalue weighted by molar-refractivity contribution is 5.91. The highest BCUT2D eigenvalue weighted by Gasteiger charge is 2.27. The van der Waals surface area contributed by atoms with Crippen molar-refractivity contribution in [3.63, 3.8) is 0 Å². The first-order chi connectivity index (χ1) is 17.1. The van der Waals surface area contributed by atoms with Crippen molar-refractivity contribution in [2.24, 2.45) is 38.7 Å². The minimum Gasteiger partial charge on any atom is -0.480 e. The largest absolute Gasteiger partial charge is 0.480 e. The number of carboxylic acid groups (broad SMARTS) is 1. The predicted octanol–water partition coefficient (Wildman–Crippen LogP) is -2.71. The highest BCUT2D eigenvalue weighted by atomic mass is 16.4. The fraction of sp³-hybridized carbons (Fsp3) is 0.571. The van der Waals surface area contributed by atoms with Gasteiger partial charge in [-0.3, -0.25) is 29.5 Å². The third-order valence-corrected chi connectivity index (χ3v) is 5.04. The van der Waals surface area contributed by atoms with Crippen LogP contribution in [0.1, 0.15) is 44.2 Å². The predicted molar refractivity (Wildman–Crippen MR) is 134 cm³/mol. The summed E-state index contributed by atoms with van der Waals surface area (Å²) in [6.07, 6.45) is 7.13. The van der Waals surface area contributed by atoms with Crippen LogP contribution in [0, 0.1) is 0 Å². The molecule has 15 heteroatoms. The van der Waals surface area contributed by atoms with Crippen molar-refractivity contribution in [1.29, 1.82) is 0 Å². The van der Waals surface area contributed by atoms with E-state index in [0.717, 1.165) is 5.69 Å². The number of aromatic nitrogens is 2. The van der Waals surface area contributed by atoms with Crippen molar-refractivity contribution in [2.45, 2.75) is 63.1 Å². The molecule has 0 fully saturated rings. The molecule has 0 aliphatic carbocycles. The van der Waals surface area contributed by atoms with E-state index in [-0.39, 0.29) is 31.3 Å². The second kappa shape index (κ2) is 16.6. The van der Waals surface area contributed by atoms with Gasteiger partial charge < -0.3 is 44.4 Å². The molecule has 0 spiro atoms. The Kier molecular flexibility index (Phi) is 13.8. The molecule has 0 radical (unpaired) electrons. The Bertz CT molecular complexity index is 887. The molecule has 0 aliphatic rings. The molecule has 3 atom stereocenters. The third-order valence-electron chi connectivity index (χ3n) is 5.04. The minimum atomic E-state index is -1.21. The fourth-order valence-electron chi connectivity index (χ4n) is 3.18. The molecule has 0 unspecified atom stereocenters. The number of carbonyl (C=O) groups is 3. The molecule has 0 aromatic carbocycles. The summed E-state index contributed by atoms with van der Waals surface area (Å²) < 4.78 is 0. The maximum absolute atomic E-state index is 13.0. The number of aliphatic carboxylic acids is 1. The van der Waals surface area contributed by atoms with Crippen LogP contribution in [-0.4, -0.2) is 76.0 Å². The summed E-state index contributed by atoms with van der Waals surface area (Å²) in [6.45, 7) is 0.528. The standard InChI is InChI=1S/C21H37N11O4/c22-14(5-2-8-29-20(23)24)17(33)31-15(6-1-4-13-12-27-10-11-28-13)18(34)32-16(19(35)36)7-3-9-30-21(25)26/h10-12,14-16H,1-9,22H2,(H,31,33)(H,32,34)(H,35,36)(H4,23,24,29)(H4,25,26,30)/t14-,15+,16-/m1/s1. The number of aryl methyl sites for hydroxylation is 1. The first-order valence-electron chi connectivity index (χ1n) is 11.5. The van der Waals surface area contributed by atoms with Crippen molar-refractivity contribution in [3.05, 3.63) is 24.3 Å². The van der Waals surface area contributed by atoms with Gasteiger partial charge in [0.1, 0.15) is 12.1 Å². The molecule has 36 heavy (non-hydrogen) atoms. The van der Waals surface area contributed by atoms with Crippen molar-refractivity contribution < 1.29 is 19.5 Å². The SMILES string of the molecule is NC(N)=NCCC[C@@H](N)C(=O)N[C@@H](CCCc1cnccn1)C(=O)N[C@H](CCCN=C(N)N)C(=O)O. The van der Waals surface area contributed by atoms with E-state index in [1.54, 1.807) is 18.6 Å². The number of nitrogens with zero attached hydrogens (tertiary/aromatic N) is 4. The van der Waals surface area contributed by atoms with E-state index in [9.17, 15) is 19.5 Å². The van der Waals surface area contributed by atoms with Crippen molar-refractivity contribution in [3.8, 4) is 0 Å². The average Bonchev–Trinajstić information content (AvgIpc) is 2.82. The lowest BCUT2D eigenvalue weighted by Crippen LogP contribution is -2.54. The first kappa shape index (κ1) is 30.0. The van der Waals surface area contributed by atoms with Crippen LogP contribution in [0.3, 0.4) is 0 Å². The van der Waals surface area contributed by atoms with E-state index >= 15 is 0 Å². The van der Waals surface area contributed by atoms with Crippen LogP contribution in [0.5, 0.6) is 0 Å². The monoisotopic (exact) mass is 507 g/mol. The van der Waals surface area contributed by atoms with Gasteiger partial charge in [0.05, 0.1) is 11.7 Å². The number of hydrogen-bond donors (Lipinski definition) is 8. The van der Waals surface area contributed by atoms with Crippen molar-refractivity contribution in [2.75, 3.05) is 13.1 Å². The van der Waals surface area contributed by atoms with Gasteiger partial charge in [-0.2, -0.15) is 0 Å². The normalized spacial score (nSPS) is 13.0. The molecule has 0 saturated heterocycles. The van der Waals surface area contributed by atoms with E-state index in [0.29, 0.717) is 38.6 Å². The smallest absolute Gasteiger partial charge is 0.326 e. The lowest BCUT2D eigenvalue weighted by atomic mass is 10.0. The number of rotatable bonds is 17. The lowest BCUT2D eigenvalue weighted by molar-refractivity contribution is -0.142. The Labute approximate surface area is 209 Å². The summed E-state index contributed by atoms with van der Waals surface area (Å²) in [7, 11) is 0. The highest BCUT2D eigenvalue weighted by Crippen LogP contribution is 2.07. The Morgan fingerprint density at radius 2 is 1.44 bits per heavy atom. The van der Waals surface area contributed by atoms with Crippen molar-refractivity contribution >= 4 is 29.7 Å². The lowest BCUT2D eigenvalue weighted by Gasteiger charge is -2.23. The molecule has 200 valence electrons. The topological polar surface area (TPSA) is 276 Å². The number of nitrogens with one attached hydrogen (secondary N) is 2. The average molecular weight is 508 g/mol. The summed E-state index contributed by atoms with van der Waals surface area (Å²) in [4.78, 5) is 53.1. The molecular weight excluding hydrogens is 470 g/mol. The molecule has 13 N–H and O–H groups in total. The molecule has 2 amide bonds. The number of hydrogen-bond acceptors (Lipinski definition) is 8. The molecule has 1 aromatic rings. The molecule has 0 saturated carbocycles. The second-order valence-corrected chi connectivity index (χ2v) is 8.05. The molecule has 0 bridgehead atoms. The van der Waals surface area contributed by atoms with Gasteiger partial charge in [-0.15, -0.1) is 0 Å². The summed E-state index contributed by atoms with van der Waals surface area (Å²) in [6, 6.07) is -3.08. The summed E-state index contributed by atoms with van der Waals surface area (Å²) in [5, 5.41) is 14.6. The van der Waals surface area contributed by atoms with Crippen LogP contribution in [0.2, 0.25) is 0 Å². The maximum Gasteiger partial charge on any atom is 0.326 e. The van der Waals surface area contributed by atoms with Crippen LogP contribution in [0.25, 0.3) is 0 Å². The number of aliphatic imine (C=N–C) groups is 2. The Morgan fingerprint density at radius 1 is 0.861 bits per heavy atom. The van der Waals surface area contributed by atoms with Gasteiger partial charge in [-0.05, 0) is 44.9 Å². The van der Waals surface area contributed by atoms with Gasteiger partial charge in [-0.1, -0.05) is 0 Å². The Balaban J connectivity index is 2.79. The zero-order chi connectivity index (χ0) is 26.9. The van der Waals surface area contributed by atoms with E-state index in [4.69, 9.17) is 28.7 Å². The summed E-state index contributed by atoms with van der Waals surface area (Å²) >= 11 is 0. The third kappa shape index (κ3) is 13.0. The quantitative estimate of drug-likeness (QED) is 0.0609. The van der Waals surface area contributed by atoms with Gasteiger partial charge in [0.15, 0.2) is 11.9 Å². The Morgan fingerprint density at radius 3 is 2.00 bits per heavy atom. The van der Waals surface area contributed by atoms with E-state index < -0.39 is 35.9 Å². The van der Waals surface area contributed by atoms with E-state index in [1.165, 1.54) is 0 Å². The molecule has 1 aromatic heterocycles. The minimum absolute atomic E-state index is 0.0563. The first-order valence-corrected chi connectivity index (χ1v) is 11.5. The van der Waals surface area contributed by atoms with E-state index in [2.05, 4.69) is 30.6 Å². The number of carboxylic acids is 1. The van der Waals surface area contributed by atoms with Gasteiger partial charge in [0.2, 0.25) is 11.8 Å². The van der Waals surface area contributed by atoms with Crippen LogP contribution < -0.4 is 39.3 Å². The number of amides is 2. The van der Waals surface area contributed by atoms with Gasteiger partial charge in [0.25, 0.3) is 0 Å². The van der Waals surface area contributed by atoms with Crippen LogP contribution >= 0.6 is 0 Å². The number of carbonyl (C=O) groups excluding carboxylic acids is 2. The molecule has 1 rings (SSSR count). The fourth-order valence-corrected chi connectivity index (χ4v) is 3.18. The summed E-state index contributed by atoms with van der Waals surface area (Å²) in [5.41, 5.74) is 27.8. The van der Waals surface area contributed by atoms with Crippen LogP contribution in [-0.2, 0) is 20.8 Å². The second-order valence-electron chi connectivity index (χ2n) is 8.05. The molecule has 15 nitrogen and oxygen atoms in total. The maximum atomic E-state index is 13.0. The van der Waals surface area contributed by atoms with Gasteiger partial charge >= 0.3 is 5.97 Å². The van der Waals surface area contributed by atoms with Crippen molar-refractivity contribution in [1.82, 2.24) is 20.6 Å². The van der Waals surface area contributed by atoms with E-state index in [1.807, 2.05) is 0 Å². The molecule has 0 aliphatic heterocycles. The number of nitrogens with two attached hydrogens (primary N) is 5.